The quantitative estimate of drug-likeness (QED) is 0.536. The molecule has 2 heteroatoms. The van der Waals surface area contributed by atoms with Gasteiger partial charge < -0.3 is 4.57 Å². The number of hydrogen-bond acceptors (Lipinski definition) is 0. The standard InChI is InChI=1S/C15H26IN/c1-9-14(4,5)12-10(2)13(15(6,7)16)17(8)11(12)3/h9H2,1-8H3. The molecule has 0 N–H and O–H groups in total. The van der Waals surface area contributed by atoms with Crippen molar-refractivity contribution >= 4 is 22.6 Å². The third-order valence-corrected chi connectivity index (χ3v) is 4.57. The van der Waals surface area contributed by atoms with Crippen molar-refractivity contribution in [1.82, 2.24) is 4.57 Å². The monoisotopic (exact) mass is 347 g/mol. The molecule has 1 aromatic rings. The number of halogens is 1. The minimum absolute atomic E-state index is 0.184. The topological polar surface area (TPSA) is 4.93 Å². The van der Waals surface area contributed by atoms with Crippen LogP contribution in [-0.2, 0) is 15.9 Å². The number of nitrogens with zero attached hydrogens (tertiary/aromatic N) is 1. The Morgan fingerprint density at radius 3 is 1.88 bits per heavy atom. The van der Waals surface area contributed by atoms with E-state index in [9.17, 15) is 0 Å². The molecule has 17 heavy (non-hydrogen) atoms. The molecular weight excluding hydrogens is 321 g/mol. The van der Waals surface area contributed by atoms with Crippen molar-refractivity contribution in [1.29, 1.82) is 0 Å². The maximum atomic E-state index is 2.54. The highest BCUT2D eigenvalue weighted by Gasteiger charge is 2.31. The molecule has 98 valence electrons. The van der Waals surface area contributed by atoms with Crippen molar-refractivity contribution in [2.24, 2.45) is 7.05 Å². The van der Waals surface area contributed by atoms with Gasteiger partial charge in [0.1, 0.15) is 0 Å². The van der Waals surface area contributed by atoms with E-state index in [0.29, 0.717) is 0 Å². The largest absolute Gasteiger partial charge is 0.350 e. The molecule has 1 nitrogen and oxygen atoms in total. The van der Waals surface area contributed by atoms with Crippen LogP contribution in [0.2, 0.25) is 0 Å². The van der Waals surface area contributed by atoms with Crippen molar-refractivity contribution in [2.75, 3.05) is 0 Å². The highest BCUT2D eigenvalue weighted by atomic mass is 127. The van der Waals surface area contributed by atoms with Crippen LogP contribution >= 0.6 is 22.6 Å². The highest BCUT2D eigenvalue weighted by molar-refractivity contribution is 14.1. The Morgan fingerprint density at radius 2 is 1.59 bits per heavy atom. The van der Waals surface area contributed by atoms with E-state index in [0.717, 1.165) is 0 Å². The summed E-state index contributed by atoms with van der Waals surface area (Å²) in [7, 11) is 2.20. The van der Waals surface area contributed by atoms with Crippen LogP contribution in [0.5, 0.6) is 0 Å². The summed E-state index contributed by atoms with van der Waals surface area (Å²) in [4.78, 5) is 0. The van der Waals surface area contributed by atoms with Gasteiger partial charge in [-0.05, 0) is 50.7 Å². The zero-order chi connectivity index (χ0) is 13.6. The summed E-state index contributed by atoms with van der Waals surface area (Å²) in [5, 5.41) is 0. The van der Waals surface area contributed by atoms with Gasteiger partial charge in [0.05, 0.1) is 3.42 Å². The number of hydrogen-bond donors (Lipinski definition) is 0. The van der Waals surface area contributed by atoms with Crippen LogP contribution in [0.15, 0.2) is 0 Å². The van der Waals surface area contributed by atoms with Crippen molar-refractivity contribution in [3.05, 3.63) is 22.5 Å². The Kier molecular flexibility index (Phi) is 4.08. The van der Waals surface area contributed by atoms with Gasteiger partial charge in [0, 0.05) is 18.4 Å². The molecule has 0 aliphatic rings. The summed E-state index contributed by atoms with van der Waals surface area (Å²) in [6.07, 6.45) is 1.18. The molecule has 0 fully saturated rings. The van der Waals surface area contributed by atoms with E-state index in [2.05, 4.69) is 82.7 Å². The lowest BCUT2D eigenvalue weighted by atomic mass is 9.79. The lowest BCUT2D eigenvalue weighted by Crippen LogP contribution is -2.18. The van der Waals surface area contributed by atoms with Crippen LogP contribution in [0.1, 0.15) is 63.6 Å². The molecule has 0 spiro atoms. The molecule has 0 aliphatic heterocycles. The van der Waals surface area contributed by atoms with Gasteiger partial charge in [-0.3, -0.25) is 0 Å². The minimum atomic E-state index is 0.184. The van der Waals surface area contributed by atoms with Crippen LogP contribution in [0.25, 0.3) is 0 Å². The predicted molar refractivity (Wildman–Crippen MR) is 85.3 cm³/mol. The Hall–Kier alpha value is 0.01000. The summed E-state index contributed by atoms with van der Waals surface area (Å²) >= 11 is 2.54. The second-order valence-electron chi connectivity index (χ2n) is 6.20. The SMILES string of the molecule is CCC(C)(C)c1c(C)c(C(C)(C)I)n(C)c1C. The van der Waals surface area contributed by atoms with Gasteiger partial charge in [-0.15, -0.1) is 0 Å². The predicted octanol–water partition coefficient (Wildman–Crippen LogP) is 5.00. The second-order valence-corrected chi connectivity index (χ2v) is 8.90. The van der Waals surface area contributed by atoms with Gasteiger partial charge in [0.15, 0.2) is 0 Å². The van der Waals surface area contributed by atoms with E-state index in [4.69, 9.17) is 0 Å². The maximum Gasteiger partial charge on any atom is 0.0568 e. The molecule has 0 radical (unpaired) electrons. The molecule has 1 heterocycles. The van der Waals surface area contributed by atoms with Gasteiger partial charge in [-0.1, -0.05) is 43.4 Å². The lowest BCUT2D eigenvalue weighted by molar-refractivity contribution is 0.499. The van der Waals surface area contributed by atoms with E-state index in [1.54, 1.807) is 5.56 Å². The third kappa shape index (κ3) is 2.56. The fourth-order valence-electron chi connectivity index (χ4n) is 3.00. The van der Waals surface area contributed by atoms with Crippen LogP contribution in [0, 0.1) is 13.8 Å². The Bertz CT molecular complexity index is 419. The molecule has 0 saturated carbocycles. The lowest BCUT2D eigenvalue weighted by Gasteiger charge is -2.25. The Labute approximate surface area is 120 Å². The molecule has 0 bridgehead atoms. The molecule has 1 rings (SSSR count). The maximum absolute atomic E-state index is 2.54. The molecule has 0 atom stereocenters. The van der Waals surface area contributed by atoms with E-state index < -0.39 is 0 Å². The van der Waals surface area contributed by atoms with Gasteiger partial charge in [0.2, 0.25) is 0 Å². The molecule has 0 saturated heterocycles. The molecule has 0 amide bonds. The van der Waals surface area contributed by atoms with Crippen LogP contribution in [0.4, 0.5) is 0 Å². The molecule has 1 aromatic heterocycles. The average molecular weight is 347 g/mol. The fraction of sp³-hybridized carbons (Fsp3) is 0.733. The minimum Gasteiger partial charge on any atom is -0.350 e. The van der Waals surface area contributed by atoms with Gasteiger partial charge in [-0.25, -0.2) is 0 Å². The summed E-state index contributed by atoms with van der Waals surface area (Å²) in [5.74, 6) is 0. The smallest absolute Gasteiger partial charge is 0.0568 e. The first-order chi connectivity index (χ1) is 7.54. The van der Waals surface area contributed by atoms with E-state index >= 15 is 0 Å². The van der Waals surface area contributed by atoms with Crippen molar-refractivity contribution in [3.8, 4) is 0 Å². The summed E-state index contributed by atoms with van der Waals surface area (Å²) in [6, 6.07) is 0. The average Bonchev–Trinajstić information content (AvgIpc) is 2.37. The molecular formula is C15H26IN. The van der Waals surface area contributed by atoms with Gasteiger partial charge in [0.25, 0.3) is 0 Å². The normalized spacial score (nSPS) is 13.2. The third-order valence-electron chi connectivity index (χ3n) is 4.05. The number of aromatic nitrogens is 1. The number of alkyl halides is 1. The number of rotatable bonds is 3. The zero-order valence-corrected chi connectivity index (χ0v) is 14.7. The van der Waals surface area contributed by atoms with Crippen LogP contribution in [0.3, 0.4) is 0 Å². The summed E-state index contributed by atoms with van der Waals surface area (Å²) in [6.45, 7) is 16.1. The Balaban J connectivity index is 3.58. The van der Waals surface area contributed by atoms with Gasteiger partial charge in [-0.2, -0.15) is 0 Å². The summed E-state index contributed by atoms with van der Waals surface area (Å²) < 4.78 is 2.57. The van der Waals surface area contributed by atoms with Crippen molar-refractivity contribution in [2.45, 2.75) is 63.7 Å². The highest BCUT2D eigenvalue weighted by Crippen LogP contribution is 2.41. The van der Waals surface area contributed by atoms with Gasteiger partial charge >= 0.3 is 0 Å². The first-order valence-corrected chi connectivity index (χ1v) is 7.47. The van der Waals surface area contributed by atoms with E-state index in [1.807, 2.05) is 0 Å². The van der Waals surface area contributed by atoms with Crippen molar-refractivity contribution in [3.63, 3.8) is 0 Å². The zero-order valence-electron chi connectivity index (χ0n) is 12.5. The van der Waals surface area contributed by atoms with E-state index in [1.165, 1.54) is 23.4 Å². The van der Waals surface area contributed by atoms with Crippen molar-refractivity contribution < 1.29 is 0 Å². The second kappa shape index (κ2) is 4.60. The fourth-order valence-corrected chi connectivity index (χ4v) is 3.76. The first-order valence-electron chi connectivity index (χ1n) is 6.39. The van der Waals surface area contributed by atoms with E-state index in [-0.39, 0.29) is 8.84 Å². The molecule has 0 aromatic carbocycles. The van der Waals surface area contributed by atoms with Crippen LogP contribution in [-0.4, -0.2) is 4.57 Å². The molecule has 0 unspecified atom stereocenters. The Morgan fingerprint density at radius 1 is 1.12 bits per heavy atom. The molecule has 0 aliphatic carbocycles. The van der Waals surface area contributed by atoms with Crippen LogP contribution < -0.4 is 0 Å². The first kappa shape index (κ1) is 15.1. The summed E-state index contributed by atoms with van der Waals surface area (Å²) in [5.41, 5.74) is 6.19.